The standard InChI is InChI=1S/C32H29N7O4/c1-33-30(40)21-5-7-22(8-6-21)31(41)36-26-4-2-3-24(19-26)27-20-39-14-13-34-29(39)28(37-27)35-25-11-9-23(10-12-25)32(42)38-15-17-43-18-16-38/h2-14,19-20H,15-18H2,1H3,(H,33,40)(H,35,37)(H,36,41). The van der Waals surface area contributed by atoms with Crippen LogP contribution >= 0.6 is 0 Å². The third-order valence-electron chi connectivity index (χ3n) is 7.12. The number of hydrogen-bond donors (Lipinski definition) is 3. The lowest BCUT2D eigenvalue weighted by Crippen LogP contribution is -2.40. The highest BCUT2D eigenvalue weighted by Gasteiger charge is 2.19. The Hall–Kier alpha value is -5.55. The van der Waals surface area contributed by atoms with Crippen molar-refractivity contribution in [3.63, 3.8) is 0 Å². The second kappa shape index (κ2) is 12.1. The number of aromatic nitrogens is 3. The Kier molecular flexibility index (Phi) is 7.79. The number of hydrogen-bond acceptors (Lipinski definition) is 7. The van der Waals surface area contributed by atoms with Gasteiger partial charge in [-0.25, -0.2) is 9.97 Å². The van der Waals surface area contributed by atoms with E-state index in [-0.39, 0.29) is 17.7 Å². The number of morpholine rings is 1. The Morgan fingerprint density at radius 2 is 1.53 bits per heavy atom. The van der Waals surface area contributed by atoms with Crippen molar-refractivity contribution in [1.29, 1.82) is 0 Å². The number of imidazole rings is 1. The number of ether oxygens (including phenoxy) is 1. The van der Waals surface area contributed by atoms with Crippen molar-refractivity contribution in [3.8, 4) is 11.3 Å². The maximum absolute atomic E-state index is 12.9. The summed E-state index contributed by atoms with van der Waals surface area (Å²) >= 11 is 0. The van der Waals surface area contributed by atoms with Crippen molar-refractivity contribution in [3.05, 3.63) is 108 Å². The number of fused-ring (bicyclic) bond motifs is 1. The zero-order valence-electron chi connectivity index (χ0n) is 23.4. The second-order valence-corrected chi connectivity index (χ2v) is 9.93. The van der Waals surface area contributed by atoms with Crippen molar-refractivity contribution in [2.75, 3.05) is 44.0 Å². The van der Waals surface area contributed by atoms with Crippen LogP contribution in [0.25, 0.3) is 16.9 Å². The van der Waals surface area contributed by atoms with E-state index in [1.165, 1.54) is 0 Å². The van der Waals surface area contributed by atoms with Gasteiger partial charge in [0, 0.05) is 72.4 Å². The number of rotatable bonds is 7. The minimum atomic E-state index is -0.295. The summed E-state index contributed by atoms with van der Waals surface area (Å²) in [6, 6.07) is 21.1. The van der Waals surface area contributed by atoms with Crippen molar-refractivity contribution >= 4 is 40.6 Å². The first-order chi connectivity index (χ1) is 21.0. The molecule has 43 heavy (non-hydrogen) atoms. The van der Waals surface area contributed by atoms with Crippen LogP contribution in [0.4, 0.5) is 17.2 Å². The minimum absolute atomic E-state index is 0.0153. The van der Waals surface area contributed by atoms with Gasteiger partial charge < -0.3 is 30.0 Å². The van der Waals surface area contributed by atoms with Crippen LogP contribution in [-0.2, 0) is 4.74 Å². The summed E-state index contributed by atoms with van der Waals surface area (Å²) in [7, 11) is 1.56. The number of carbonyl (C=O) groups excluding carboxylic acids is 3. The fourth-order valence-electron chi connectivity index (χ4n) is 4.81. The van der Waals surface area contributed by atoms with Crippen LogP contribution in [0.5, 0.6) is 0 Å². The molecule has 0 atom stereocenters. The molecule has 1 saturated heterocycles. The zero-order chi connectivity index (χ0) is 29.8. The van der Waals surface area contributed by atoms with Gasteiger partial charge in [0.05, 0.1) is 18.9 Å². The van der Waals surface area contributed by atoms with Crippen LogP contribution in [-0.4, -0.2) is 70.3 Å². The average molecular weight is 576 g/mol. The van der Waals surface area contributed by atoms with Gasteiger partial charge in [0.1, 0.15) is 0 Å². The predicted molar refractivity (Wildman–Crippen MR) is 163 cm³/mol. The molecule has 0 saturated carbocycles. The maximum Gasteiger partial charge on any atom is 0.255 e. The van der Waals surface area contributed by atoms with Crippen molar-refractivity contribution in [2.24, 2.45) is 0 Å². The normalized spacial score (nSPS) is 13.0. The van der Waals surface area contributed by atoms with Crippen LogP contribution < -0.4 is 16.0 Å². The van der Waals surface area contributed by atoms with Crippen LogP contribution in [0.3, 0.4) is 0 Å². The molecule has 0 bridgehead atoms. The lowest BCUT2D eigenvalue weighted by Gasteiger charge is -2.26. The highest BCUT2D eigenvalue weighted by molar-refractivity contribution is 6.05. The lowest BCUT2D eigenvalue weighted by molar-refractivity contribution is 0.0303. The molecule has 11 heteroatoms. The number of nitrogens with zero attached hydrogens (tertiary/aromatic N) is 4. The Labute approximate surface area is 247 Å². The van der Waals surface area contributed by atoms with Gasteiger partial charge >= 0.3 is 0 Å². The van der Waals surface area contributed by atoms with Crippen LogP contribution in [0.1, 0.15) is 31.1 Å². The lowest BCUT2D eigenvalue weighted by atomic mass is 10.1. The molecule has 1 aliphatic rings. The summed E-state index contributed by atoms with van der Waals surface area (Å²) < 4.78 is 7.22. The summed E-state index contributed by atoms with van der Waals surface area (Å²) in [6.07, 6.45) is 5.40. The molecule has 0 spiro atoms. The van der Waals surface area contributed by atoms with E-state index in [1.54, 1.807) is 60.6 Å². The van der Waals surface area contributed by atoms with E-state index in [9.17, 15) is 14.4 Å². The molecule has 216 valence electrons. The van der Waals surface area contributed by atoms with Crippen molar-refractivity contribution in [2.45, 2.75) is 0 Å². The zero-order valence-corrected chi connectivity index (χ0v) is 23.4. The maximum atomic E-state index is 12.9. The van der Waals surface area contributed by atoms with E-state index < -0.39 is 0 Å². The van der Waals surface area contributed by atoms with E-state index in [0.717, 1.165) is 11.3 Å². The van der Waals surface area contributed by atoms with Gasteiger partial charge in [-0.2, -0.15) is 0 Å². The van der Waals surface area contributed by atoms with Crippen molar-refractivity contribution < 1.29 is 19.1 Å². The van der Waals surface area contributed by atoms with Gasteiger partial charge in [-0.05, 0) is 60.7 Å². The molecule has 5 aromatic rings. The molecular formula is C32H29N7O4. The number of amides is 3. The van der Waals surface area contributed by atoms with Gasteiger partial charge in [-0.15, -0.1) is 0 Å². The fourth-order valence-corrected chi connectivity index (χ4v) is 4.81. The molecule has 1 aliphatic heterocycles. The molecule has 1 fully saturated rings. The van der Waals surface area contributed by atoms with Crippen LogP contribution in [0, 0.1) is 0 Å². The molecule has 0 radical (unpaired) electrons. The molecule has 0 unspecified atom stereocenters. The number of anilines is 3. The third kappa shape index (κ3) is 6.07. The summed E-state index contributed by atoms with van der Waals surface area (Å²) in [6.45, 7) is 2.28. The molecule has 3 heterocycles. The van der Waals surface area contributed by atoms with E-state index in [1.807, 2.05) is 47.1 Å². The smallest absolute Gasteiger partial charge is 0.255 e. The first-order valence-corrected chi connectivity index (χ1v) is 13.8. The monoisotopic (exact) mass is 575 g/mol. The van der Waals surface area contributed by atoms with Gasteiger partial charge in [-0.3, -0.25) is 14.4 Å². The Bertz CT molecular complexity index is 1790. The molecule has 3 N–H and O–H groups in total. The summed E-state index contributed by atoms with van der Waals surface area (Å²) in [5.74, 6) is 0.0159. The quantitative estimate of drug-likeness (QED) is 0.265. The first kappa shape index (κ1) is 27.6. The molecule has 3 amide bonds. The molecule has 3 aromatic carbocycles. The summed E-state index contributed by atoms with van der Waals surface area (Å²) in [5, 5.41) is 8.81. The largest absolute Gasteiger partial charge is 0.378 e. The van der Waals surface area contributed by atoms with Gasteiger partial charge in [-0.1, -0.05) is 12.1 Å². The molecular weight excluding hydrogens is 546 g/mol. The third-order valence-corrected chi connectivity index (χ3v) is 7.12. The minimum Gasteiger partial charge on any atom is -0.378 e. The first-order valence-electron chi connectivity index (χ1n) is 13.8. The van der Waals surface area contributed by atoms with E-state index in [0.29, 0.717) is 65.8 Å². The number of carbonyl (C=O) groups is 3. The summed E-state index contributed by atoms with van der Waals surface area (Å²) in [5.41, 5.74) is 4.97. The average Bonchev–Trinajstić information content (AvgIpc) is 3.54. The molecule has 0 aliphatic carbocycles. The molecule has 6 rings (SSSR count). The Morgan fingerprint density at radius 3 is 2.26 bits per heavy atom. The van der Waals surface area contributed by atoms with Crippen LogP contribution in [0.15, 0.2) is 91.4 Å². The van der Waals surface area contributed by atoms with E-state index in [2.05, 4.69) is 20.9 Å². The predicted octanol–water partition coefficient (Wildman–Crippen LogP) is 4.22. The Balaban J connectivity index is 1.21. The SMILES string of the molecule is CNC(=O)c1ccc(C(=O)Nc2cccc(-c3cn4ccnc4c(Nc4ccc(C(=O)N5CCOCC5)cc4)n3)c2)cc1. The number of benzene rings is 3. The molecule has 2 aromatic heterocycles. The number of nitrogens with one attached hydrogen (secondary N) is 3. The highest BCUT2D eigenvalue weighted by Crippen LogP contribution is 2.27. The highest BCUT2D eigenvalue weighted by atomic mass is 16.5. The molecule has 11 nitrogen and oxygen atoms in total. The van der Waals surface area contributed by atoms with E-state index >= 15 is 0 Å². The second-order valence-electron chi connectivity index (χ2n) is 9.93. The van der Waals surface area contributed by atoms with Crippen molar-refractivity contribution in [1.82, 2.24) is 24.6 Å². The van der Waals surface area contributed by atoms with Gasteiger partial charge in [0.15, 0.2) is 11.5 Å². The summed E-state index contributed by atoms with van der Waals surface area (Å²) in [4.78, 5) is 48.6. The Morgan fingerprint density at radius 1 is 0.837 bits per heavy atom. The fraction of sp³-hybridized carbons (Fsp3) is 0.156. The van der Waals surface area contributed by atoms with Gasteiger partial charge in [0.2, 0.25) is 0 Å². The van der Waals surface area contributed by atoms with E-state index in [4.69, 9.17) is 9.72 Å². The van der Waals surface area contributed by atoms with Crippen LogP contribution in [0.2, 0.25) is 0 Å². The van der Waals surface area contributed by atoms with Gasteiger partial charge in [0.25, 0.3) is 17.7 Å². The topological polar surface area (TPSA) is 130 Å².